The van der Waals surface area contributed by atoms with Gasteiger partial charge in [-0.2, -0.15) is 8.42 Å². The van der Waals surface area contributed by atoms with Gasteiger partial charge in [0.15, 0.2) is 11.5 Å². The smallest absolute Gasteiger partial charge is 0.306 e. The summed E-state index contributed by atoms with van der Waals surface area (Å²) in [5.41, 5.74) is 5.90. The van der Waals surface area contributed by atoms with Crippen LogP contribution >= 0.6 is 0 Å². The van der Waals surface area contributed by atoms with Crippen LogP contribution in [0.25, 0.3) is 11.1 Å². The number of aromatic nitrogens is 2. The van der Waals surface area contributed by atoms with Crippen LogP contribution in [0.4, 0.5) is 4.39 Å². The number of hydrogen-bond donors (Lipinski definition) is 1. The summed E-state index contributed by atoms with van der Waals surface area (Å²) in [5.74, 6) is -0.836. The van der Waals surface area contributed by atoms with Gasteiger partial charge in [0.25, 0.3) is 5.91 Å². The first kappa shape index (κ1) is 22.3. The van der Waals surface area contributed by atoms with E-state index in [2.05, 4.69) is 15.0 Å². The third kappa shape index (κ3) is 4.02. The van der Waals surface area contributed by atoms with Crippen molar-refractivity contribution in [1.29, 1.82) is 0 Å². The van der Waals surface area contributed by atoms with Gasteiger partial charge in [0.2, 0.25) is 0 Å². The normalized spacial score (nSPS) is 18.3. The van der Waals surface area contributed by atoms with E-state index in [9.17, 15) is 17.6 Å². The molecule has 0 spiro atoms. The summed E-state index contributed by atoms with van der Waals surface area (Å²) in [6, 6.07) is 10.1. The molecule has 33 heavy (non-hydrogen) atoms. The molecule has 1 aromatic heterocycles. The lowest BCUT2D eigenvalue weighted by molar-refractivity contribution is -0.130. The molecule has 0 saturated carbocycles. The van der Waals surface area contributed by atoms with Gasteiger partial charge in [-0.1, -0.05) is 18.2 Å². The molecule has 2 N–H and O–H groups in total. The third-order valence-corrected chi connectivity index (χ3v) is 5.70. The summed E-state index contributed by atoms with van der Waals surface area (Å²) in [4.78, 5) is 27.3. The molecule has 1 aliphatic heterocycles. The van der Waals surface area contributed by atoms with E-state index in [1.165, 1.54) is 66.1 Å². The molecule has 0 aliphatic carbocycles. The van der Waals surface area contributed by atoms with Crippen molar-refractivity contribution in [2.45, 2.75) is 12.5 Å². The summed E-state index contributed by atoms with van der Waals surface area (Å²) >= 11 is 0. The fourth-order valence-corrected chi connectivity index (χ4v) is 4.22. The maximum Gasteiger partial charge on any atom is 0.306 e. The Labute approximate surface area is 189 Å². The van der Waals surface area contributed by atoms with Crippen LogP contribution in [0.3, 0.4) is 0 Å². The summed E-state index contributed by atoms with van der Waals surface area (Å²) in [6.45, 7) is 2.04. The summed E-state index contributed by atoms with van der Waals surface area (Å²) in [5, 5.41) is 0. The average Bonchev–Trinajstić information content (AvgIpc) is 3.04. The first-order valence-corrected chi connectivity index (χ1v) is 11.7. The molecule has 4 rings (SSSR count). The molecule has 0 bridgehead atoms. The van der Waals surface area contributed by atoms with Crippen molar-refractivity contribution in [2.75, 3.05) is 12.8 Å². The van der Waals surface area contributed by atoms with Gasteiger partial charge in [-0.05, 0) is 42.3 Å². The lowest BCUT2D eigenvalue weighted by Gasteiger charge is -2.27. The number of carbonyl (C=O) groups excluding carboxylic acids is 1. The maximum atomic E-state index is 14.7. The lowest BCUT2D eigenvalue weighted by atomic mass is 9.81. The Morgan fingerprint density at radius 1 is 1.09 bits per heavy atom. The van der Waals surface area contributed by atoms with Gasteiger partial charge in [0.05, 0.1) is 6.26 Å². The molecular weight excluding hydrogens is 449 g/mol. The van der Waals surface area contributed by atoms with E-state index in [0.717, 1.165) is 6.26 Å². The first-order chi connectivity index (χ1) is 15.7. The Hall–Kier alpha value is -3.86. The van der Waals surface area contributed by atoms with Crippen LogP contribution in [0.15, 0.2) is 66.2 Å². The van der Waals surface area contributed by atoms with Crippen molar-refractivity contribution in [3.8, 4) is 16.9 Å². The number of halogens is 1. The Bertz CT molecular complexity index is 1350. The molecule has 2 aromatic carbocycles. The number of aliphatic imine (C=N–C) groups is 1. The lowest BCUT2D eigenvalue weighted by Crippen LogP contribution is -2.43. The number of nitrogens with zero attached hydrogens (tertiary/aromatic N) is 4. The van der Waals surface area contributed by atoms with Crippen LogP contribution < -0.4 is 9.92 Å². The minimum absolute atomic E-state index is 0.0212. The Morgan fingerprint density at radius 2 is 1.73 bits per heavy atom. The molecule has 1 atom stereocenters. The molecule has 2 heterocycles. The summed E-state index contributed by atoms with van der Waals surface area (Å²) in [6.07, 6.45) is 5.19. The number of likely N-dealkylation sites (N-methyl/N-ethyl adjacent to an activating group) is 1. The molecule has 0 radical (unpaired) electrons. The van der Waals surface area contributed by atoms with E-state index >= 15 is 0 Å². The van der Waals surface area contributed by atoms with Gasteiger partial charge >= 0.3 is 10.1 Å². The van der Waals surface area contributed by atoms with Gasteiger partial charge in [-0.25, -0.2) is 19.4 Å². The van der Waals surface area contributed by atoms with E-state index < -0.39 is 27.4 Å². The number of guanidine groups is 1. The van der Waals surface area contributed by atoms with Crippen molar-refractivity contribution in [1.82, 2.24) is 14.9 Å². The highest BCUT2D eigenvalue weighted by Gasteiger charge is 2.50. The number of carbonyl (C=O) groups is 1. The molecule has 1 unspecified atom stereocenters. The van der Waals surface area contributed by atoms with Crippen LogP contribution in [0.1, 0.15) is 18.1 Å². The van der Waals surface area contributed by atoms with Crippen molar-refractivity contribution in [2.24, 2.45) is 10.7 Å². The maximum absolute atomic E-state index is 14.7. The highest BCUT2D eigenvalue weighted by molar-refractivity contribution is 7.86. The largest absolute Gasteiger partial charge is 0.383 e. The highest BCUT2D eigenvalue weighted by Crippen LogP contribution is 2.41. The Morgan fingerprint density at radius 3 is 2.30 bits per heavy atom. The topological polar surface area (TPSA) is 128 Å². The van der Waals surface area contributed by atoms with Crippen molar-refractivity contribution in [3.63, 3.8) is 0 Å². The van der Waals surface area contributed by atoms with Gasteiger partial charge in [0.1, 0.15) is 17.9 Å². The summed E-state index contributed by atoms with van der Waals surface area (Å²) < 4.78 is 42.5. The second kappa shape index (κ2) is 8.24. The first-order valence-electron chi connectivity index (χ1n) is 9.88. The second-order valence-electron chi connectivity index (χ2n) is 7.36. The van der Waals surface area contributed by atoms with Crippen molar-refractivity contribution < 1.29 is 21.8 Å². The number of hydrogen-bond acceptors (Lipinski definition) is 8. The Balaban J connectivity index is 1.90. The predicted molar refractivity (Wildman–Crippen MR) is 119 cm³/mol. The second-order valence-corrected chi connectivity index (χ2v) is 8.94. The van der Waals surface area contributed by atoms with Gasteiger partial charge < -0.3 is 9.92 Å². The van der Waals surface area contributed by atoms with Crippen LogP contribution in [0.2, 0.25) is 0 Å². The molecule has 0 saturated heterocycles. The van der Waals surface area contributed by atoms with E-state index in [1.807, 2.05) is 0 Å². The highest BCUT2D eigenvalue weighted by atomic mass is 32.2. The van der Waals surface area contributed by atoms with Crippen LogP contribution in [-0.2, 0) is 20.5 Å². The zero-order valence-electron chi connectivity index (χ0n) is 17.8. The number of nitrogens with two attached hydrogens (primary N) is 1. The standard InChI is InChI=1S/C22H20FN5O4S/c1-3-28-20(29)22(27-21(28)24,15-4-7-17(8-5-15)32-33(2,30)31)16-6-9-19(23)18(10-16)14-11-25-13-26-12-14/h4-13H,3H2,1-2H3,(H2,24,27). The zero-order chi connectivity index (χ0) is 23.8. The van der Waals surface area contributed by atoms with E-state index in [1.54, 1.807) is 6.92 Å². The van der Waals surface area contributed by atoms with Crippen LogP contribution in [0.5, 0.6) is 5.75 Å². The molecule has 170 valence electrons. The van der Waals surface area contributed by atoms with Crippen LogP contribution in [0, 0.1) is 5.82 Å². The molecule has 11 heteroatoms. The Kier molecular flexibility index (Phi) is 5.58. The number of amides is 1. The minimum Gasteiger partial charge on any atom is -0.383 e. The third-order valence-electron chi connectivity index (χ3n) is 5.21. The molecular formula is C22H20FN5O4S. The minimum atomic E-state index is -3.73. The van der Waals surface area contributed by atoms with Crippen molar-refractivity contribution in [3.05, 3.63) is 78.1 Å². The molecule has 0 fully saturated rings. The van der Waals surface area contributed by atoms with Gasteiger partial charge in [0, 0.05) is 30.1 Å². The van der Waals surface area contributed by atoms with Gasteiger partial charge in [-0.15, -0.1) is 0 Å². The average molecular weight is 469 g/mol. The van der Waals surface area contributed by atoms with E-state index in [0.29, 0.717) is 16.7 Å². The number of benzene rings is 2. The van der Waals surface area contributed by atoms with Crippen LogP contribution in [-0.4, -0.2) is 48.0 Å². The molecule has 1 aliphatic rings. The zero-order valence-corrected chi connectivity index (χ0v) is 18.6. The molecule has 3 aromatic rings. The fraction of sp³-hybridized carbons (Fsp3) is 0.182. The van der Waals surface area contributed by atoms with Crippen molar-refractivity contribution >= 4 is 22.0 Å². The quantitative estimate of drug-likeness (QED) is 0.547. The predicted octanol–water partition coefficient (Wildman–Crippen LogP) is 2.04. The summed E-state index contributed by atoms with van der Waals surface area (Å²) in [7, 11) is -3.73. The molecule has 1 amide bonds. The number of rotatable bonds is 6. The SMILES string of the molecule is CCN1C(=O)C(c2ccc(OS(C)(=O)=O)cc2)(c2ccc(F)c(-c3cncnc3)c2)N=C1N. The van der Waals surface area contributed by atoms with Gasteiger partial charge in [-0.3, -0.25) is 9.69 Å². The van der Waals surface area contributed by atoms with E-state index in [4.69, 9.17) is 9.92 Å². The fourth-order valence-electron chi connectivity index (χ4n) is 3.76. The molecule has 9 nitrogen and oxygen atoms in total. The monoisotopic (exact) mass is 469 g/mol. The van der Waals surface area contributed by atoms with E-state index in [-0.39, 0.29) is 23.8 Å².